The van der Waals surface area contributed by atoms with Gasteiger partial charge in [0.1, 0.15) is 17.3 Å². The molecule has 0 atom stereocenters. The predicted molar refractivity (Wildman–Crippen MR) is 114 cm³/mol. The number of hydrogen-bond donors (Lipinski definition) is 0. The van der Waals surface area contributed by atoms with Gasteiger partial charge in [-0.1, -0.05) is 45.1 Å². The Morgan fingerprint density at radius 3 is 1.82 bits per heavy atom. The van der Waals surface area contributed by atoms with Crippen molar-refractivity contribution in [1.29, 1.82) is 0 Å². The average Bonchev–Trinajstić information content (AvgIpc) is 2.62. The molecule has 0 aromatic rings. The van der Waals surface area contributed by atoms with Gasteiger partial charge in [-0.05, 0) is 51.5 Å². The fraction of sp³-hybridized carbons (Fsp3) is 0.750. The molecular weight excluding hydrogens is 352 g/mol. The predicted octanol–water partition coefficient (Wildman–Crippen LogP) is 6.10. The molecule has 0 spiro atoms. The molecule has 0 aromatic carbocycles. The van der Waals surface area contributed by atoms with Crippen molar-refractivity contribution in [3.8, 4) is 0 Å². The Morgan fingerprint density at radius 2 is 1.18 bits per heavy atom. The molecule has 0 N–H and O–H groups in total. The van der Waals surface area contributed by atoms with Gasteiger partial charge in [0, 0.05) is 25.7 Å². The second-order valence-electron chi connectivity index (χ2n) is 7.80. The van der Waals surface area contributed by atoms with E-state index in [-0.39, 0.29) is 23.8 Å². The Morgan fingerprint density at radius 1 is 0.643 bits per heavy atom. The highest BCUT2D eigenvalue weighted by Crippen LogP contribution is 2.10. The molecule has 0 saturated carbocycles. The second kappa shape index (κ2) is 18.8. The van der Waals surface area contributed by atoms with Crippen LogP contribution in [0.25, 0.3) is 0 Å². The van der Waals surface area contributed by atoms with E-state index in [1.807, 2.05) is 13.0 Å². The molecule has 0 radical (unpaired) electrons. The van der Waals surface area contributed by atoms with E-state index in [1.54, 1.807) is 13.0 Å². The number of allylic oxidation sites excluding steroid dienone is 2. The van der Waals surface area contributed by atoms with Crippen LogP contribution < -0.4 is 0 Å². The van der Waals surface area contributed by atoms with E-state index in [0.29, 0.717) is 18.6 Å². The van der Waals surface area contributed by atoms with Crippen molar-refractivity contribution in [2.45, 2.75) is 117 Å². The van der Waals surface area contributed by atoms with Gasteiger partial charge < -0.3 is 4.79 Å². The first-order valence-electron chi connectivity index (χ1n) is 11.2. The van der Waals surface area contributed by atoms with Crippen molar-refractivity contribution in [1.82, 2.24) is 0 Å². The lowest BCUT2D eigenvalue weighted by Gasteiger charge is -2.01. The average molecular weight is 393 g/mol. The molecule has 0 bridgehead atoms. The van der Waals surface area contributed by atoms with Gasteiger partial charge in [0.15, 0.2) is 5.78 Å². The Kier molecular flexibility index (Phi) is 17.7. The van der Waals surface area contributed by atoms with Gasteiger partial charge in [-0.3, -0.25) is 14.4 Å². The summed E-state index contributed by atoms with van der Waals surface area (Å²) in [6, 6.07) is 0. The van der Waals surface area contributed by atoms with Gasteiger partial charge in [0.05, 0.1) is 6.42 Å². The van der Waals surface area contributed by atoms with E-state index in [1.165, 1.54) is 12.8 Å². The van der Waals surface area contributed by atoms with E-state index >= 15 is 0 Å². The van der Waals surface area contributed by atoms with Crippen molar-refractivity contribution in [3.63, 3.8) is 0 Å². The maximum absolute atomic E-state index is 11.8. The Hall–Kier alpha value is -1.58. The highest BCUT2D eigenvalue weighted by atomic mass is 16.1. The van der Waals surface area contributed by atoms with Gasteiger partial charge in [0.25, 0.3) is 0 Å². The SMILES string of the molecule is CCCC(=O)CCCCCCCC/C=C/C(=O)CC(=O)CCCCCC(C)=O. The van der Waals surface area contributed by atoms with E-state index in [4.69, 9.17) is 0 Å². The lowest BCUT2D eigenvalue weighted by molar-refractivity contribution is -0.125. The molecule has 28 heavy (non-hydrogen) atoms. The van der Waals surface area contributed by atoms with Crippen LogP contribution in [0.1, 0.15) is 117 Å². The Balaban J connectivity index is 3.51. The summed E-state index contributed by atoms with van der Waals surface area (Å²) in [7, 11) is 0. The Labute approximate surface area is 171 Å². The second-order valence-corrected chi connectivity index (χ2v) is 7.80. The molecular formula is C24H40O4. The molecule has 0 rings (SSSR count). The smallest absolute Gasteiger partial charge is 0.162 e. The molecule has 0 aliphatic rings. The topological polar surface area (TPSA) is 68.3 Å². The minimum Gasteiger partial charge on any atom is -0.300 e. The maximum atomic E-state index is 11.8. The first-order valence-corrected chi connectivity index (χ1v) is 11.2. The van der Waals surface area contributed by atoms with Crippen LogP contribution in [0, 0.1) is 0 Å². The number of ketones is 4. The van der Waals surface area contributed by atoms with Crippen LogP contribution in [-0.2, 0) is 19.2 Å². The van der Waals surface area contributed by atoms with E-state index in [2.05, 4.69) is 0 Å². The number of carbonyl (C=O) groups is 4. The van der Waals surface area contributed by atoms with Crippen LogP contribution in [0.3, 0.4) is 0 Å². The molecule has 0 aliphatic carbocycles. The summed E-state index contributed by atoms with van der Waals surface area (Å²) >= 11 is 0. The lowest BCUT2D eigenvalue weighted by Crippen LogP contribution is -2.05. The van der Waals surface area contributed by atoms with Gasteiger partial charge in [-0.15, -0.1) is 0 Å². The molecule has 0 saturated heterocycles. The first kappa shape index (κ1) is 26.4. The summed E-state index contributed by atoms with van der Waals surface area (Å²) in [5.41, 5.74) is 0. The summed E-state index contributed by atoms with van der Waals surface area (Å²) in [4.78, 5) is 45.7. The molecule has 4 heteroatoms. The minimum absolute atomic E-state index is 0.0000399. The van der Waals surface area contributed by atoms with Crippen LogP contribution in [0.2, 0.25) is 0 Å². The van der Waals surface area contributed by atoms with Crippen LogP contribution >= 0.6 is 0 Å². The van der Waals surface area contributed by atoms with Gasteiger partial charge in [-0.2, -0.15) is 0 Å². The van der Waals surface area contributed by atoms with Gasteiger partial charge in [-0.25, -0.2) is 0 Å². The van der Waals surface area contributed by atoms with Crippen LogP contribution in [0.4, 0.5) is 0 Å². The molecule has 160 valence electrons. The summed E-state index contributed by atoms with van der Waals surface area (Å²) in [5.74, 6) is 0.467. The summed E-state index contributed by atoms with van der Waals surface area (Å²) in [6.07, 6.45) is 16.8. The molecule has 0 fully saturated rings. The standard InChI is InChI=1S/C24H40O4/c1-3-15-22(26)17-12-8-6-4-5-7-9-13-18-23(27)20-24(28)19-14-10-11-16-21(2)25/h13,18H,3-12,14-17,19-20H2,1-2H3/b18-13+. The van der Waals surface area contributed by atoms with E-state index in [0.717, 1.165) is 70.6 Å². The molecule has 4 nitrogen and oxygen atoms in total. The highest BCUT2D eigenvalue weighted by Gasteiger charge is 2.06. The third kappa shape index (κ3) is 19.2. The van der Waals surface area contributed by atoms with Gasteiger partial charge >= 0.3 is 0 Å². The third-order valence-electron chi connectivity index (χ3n) is 4.76. The largest absolute Gasteiger partial charge is 0.300 e. The zero-order chi connectivity index (χ0) is 21.0. The Bertz CT molecular complexity index is 491. The molecule has 0 aliphatic heterocycles. The summed E-state index contributed by atoms with van der Waals surface area (Å²) in [5, 5.41) is 0. The van der Waals surface area contributed by atoms with Crippen LogP contribution in [0.5, 0.6) is 0 Å². The van der Waals surface area contributed by atoms with Crippen molar-refractivity contribution in [3.05, 3.63) is 12.2 Å². The zero-order valence-electron chi connectivity index (χ0n) is 18.1. The summed E-state index contributed by atoms with van der Waals surface area (Å²) < 4.78 is 0. The van der Waals surface area contributed by atoms with Crippen LogP contribution in [0.15, 0.2) is 12.2 Å². The first-order chi connectivity index (χ1) is 13.5. The van der Waals surface area contributed by atoms with Crippen LogP contribution in [-0.4, -0.2) is 23.1 Å². The molecule has 0 aromatic heterocycles. The third-order valence-corrected chi connectivity index (χ3v) is 4.76. The van der Waals surface area contributed by atoms with Crippen molar-refractivity contribution < 1.29 is 19.2 Å². The van der Waals surface area contributed by atoms with E-state index in [9.17, 15) is 19.2 Å². The van der Waals surface area contributed by atoms with Crippen molar-refractivity contribution in [2.24, 2.45) is 0 Å². The number of hydrogen-bond acceptors (Lipinski definition) is 4. The fourth-order valence-electron chi connectivity index (χ4n) is 3.12. The van der Waals surface area contributed by atoms with Crippen molar-refractivity contribution in [2.75, 3.05) is 0 Å². The normalized spacial score (nSPS) is 11.1. The fourth-order valence-corrected chi connectivity index (χ4v) is 3.12. The number of unbranched alkanes of at least 4 members (excludes halogenated alkanes) is 8. The molecule has 0 unspecified atom stereocenters. The van der Waals surface area contributed by atoms with Gasteiger partial charge in [0.2, 0.25) is 0 Å². The zero-order valence-corrected chi connectivity index (χ0v) is 18.1. The number of carbonyl (C=O) groups excluding carboxylic acids is 4. The maximum Gasteiger partial charge on any atom is 0.162 e. The van der Waals surface area contributed by atoms with E-state index < -0.39 is 0 Å². The molecule has 0 heterocycles. The number of rotatable bonds is 20. The quantitative estimate of drug-likeness (QED) is 0.143. The highest BCUT2D eigenvalue weighted by molar-refractivity contribution is 6.04. The monoisotopic (exact) mass is 392 g/mol. The minimum atomic E-state index is -0.106. The van der Waals surface area contributed by atoms with Crippen molar-refractivity contribution >= 4 is 23.1 Å². The lowest BCUT2D eigenvalue weighted by atomic mass is 10.0. The molecule has 0 amide bonds. The summed E-state index contributed by atoms with van der Waals surface area (Å²) in [6.45, 7) is 3.62. The number of Topliss-reactive ketones (excluding diaryl/α,β-unsaturated/α-hetero) is 3.